The van der Waals surface area contributed by atoms with Gasteiger partial charge in [-0.25, -0.2) is 0 Å². The Morgan fingerprint density at radius 1 is 1.50 bits per heavy atom. The van der Waals surface area contributed by atoms with Crippen molar-refractivity contribution < 1.29 is 4.79 Å². The SMILES string of the molecule is C=CCn1c(C)cc(C(=O)CSc2nncn2C)c1C. The van der Waals surface area contributed by atoms with Gasteiger partial charge in [0.1, 0.15) is 6.33 Å². The van der Waals surface area contributed by atoms with Crippen LogP contribution in [0.1, 0.15) is 21.7 Å². The van der Waals surface area contributed by atoms with Crippen LogP contribution in [0, 0.1) is 13.8 Å². The zero-order chi connectivity index (χ0) is 14.7. The summed E-state index contributed by atoms with van der Waals surface area (Å²) in [5.41, 5.74) is 2.85. The molecule has 0 amide bonds. The lowest BCUT2D eigenvalue weighted by Crippen LogP contribution is -2.06. The van der Waals surface area contributed by atoms with Crippen LogP contribution in [0.15, 0.2) is 30.2 Å². The van der Waals surface area contributed by atoms with Gasteiger partial charge in [-0.2, -0.15) is 0 Å². The molecule has 0 aliphatic carbocycles. The zero-order valence-electron chi connectivity index (χ0n) is 12.0. The number of nitrogens with zero attached hydrogens (tertiary/aromatic N) is 4. The average molecular weight is 290 g/mol. The summed E-state index contributed by atoms with van der Waals surface area (Å²) in [4.78, 5) is 12.3. The third-order valence-electron chi connectivity index (χ3n) is 3.19. The normalized spacial score (nSPS) is 10.8. The molecule has 2 rings (SSSR count). The van der Waals surface area contributed by atoms with E-state index in [1.807, 2.05) is 33.0 Å². The fourth-order valence-corrected chi connectivity index (χ4v) is 2.88. The predicted octanol–water partition coefficient (Wildman–Crippen LogP) is 2.39. The number of ketones is 1. The van der Waals surface area contributed by atoms with Gasteiger partial charge in [-0.3, -0.25) is 4.79 Å². The molecular weight excluding hydrogens is 272 g/mol. The lowest BCUT2D eigenvalue weighted by atomic mass is 10.2. The Hall–Kier alpha value is -1.82. The molecule has 106 valence electrons. The molecule has 5 nitrogen and oxygen atoms in total. The third-order valence-corrected chi connectivity index (χ3v) is 4.22. The summed E-state index contributed by atoms with van der Waals surface area (Å²) in [5.74, 6) is 0.478. The smallest absolute Gasteiger partial charge is 0.191 e. The van der Waals surface area contributed by atoms with Gasteiger partial charge in [0.2, 0.25) is 0 Å². The fourth-order valence-electron chi connectivity index (χ4n) is 2.10. The van der Waals surface area contributed by atoms with Crippen LogP contribution in [0.4, 0.5) is 0 Å². The number of rotatable bonds is 6. The highest BCUT2D eigenvalue weighted by Gasteiger charge is 2.16. The van der Waals surface area contributed by atoms with Gasteiger partial charge in [0, 0.05) is 30.5 Å². The van der Waals surface area contributed by atoms with E-state index in [0.717, 1.165) is 28.7 Å². The number of Topliss-reactive ketones (excluding diaryl/α,β-unsaturated/α-hetero) is 1. The molecule has 2 aromatic heterocycles. The minimum atomic E-state index is 0.112. The minimum Gasteiger partial charge on any atom is -0.345 e. The van der Waals surface area contributed by atoms with Gasteiger partial charge in [-0.1, -0.05) is 17.8 Å². The minimum absolute atomic E-state index is 0.112. The van der Waals surface area contributed by atoms with Crippen molar-refractivity contribution in [2.45, 2.75) is 25.5 Å². The molecule has 0 fully saturated rings. The molecule has 0 aliphatic rings. The van der Waals surface area contributed by atoms with Gasteiger partial charge in [0.25, 0.3) is 0 Å². The Morgan fingerprint density at radius 3 is 2.85 bits per heavy atom. The van der Waals surface area contributed by atoms with E-state index < -0.39 is 0 Å². The van der Waals surface area contributed by atoms with Crippen molar-refractivity contribution in [1.82, 2.24) is 19.3 Å². The second-order valence-electron chi connectivity index (χ2n) is 4.62. The number of carbonyl (C=O) groups is 1. The van der Waals surface area contributed by atoms with Crippen molar-refractivity contribution in [3.63, 3.8) is 0 Å². The molecule has 0 bridgehead atoms. The van der Waals surface area contributed by atoms with Gasteiger partial charge in [-0.15, -0.1) is 16.8 Å². The van der Waals surface area contributed by atoms with Crippen molar-refractivity contribution in [1.29, 1.82) is 0 Å². The highest BCUT2D eigenvalue weighted by molar-refractivity contribution is 7.99. The number of hydrogen-bond acceptors (Lipinski definition) is 4. The molecule has 0 spiro atoms. The van der Waals surface area contributed by atoms with E-state index in [9.17, 15) is 4.79 Å². The first-order valence-corrected chi connectivity index (χ1v) is 7.30. The van der Waals surface area contributed by atoms with E-state index >= 15 is 0 Å². The van der Waals surface area contributed by atoms with Gasteiger partial charge in [-0.05, 0) is 19.9 Å². The third kappa shape index (κ3) is 2.85. The quantitative estimate of drug-likeness (QED) is 0.466. The first-order valence-electron chi connectivity index (χ1n) is 6.32. The summed E-state index contributed by atoms with van der Waals surface area (Å²) in [7, 11) is 1.86. The van der Waals surface area contributed by atoms with E-state index in [1.54, 1.807) is 10.9 Å². The summed E-state index contributed by atoms with van der Waals surface area (Å²) in [6.45, 7) is 8.44. The van der Waals surface area contributed by atoms with Crippen molar-refractivity contribution >= 4 is 17.5 Å². The van der Waals surface area contributed by atoms with Crippen LogP contribution < -0.4 is 0 Å². The van der Waals surface area contributed by atoms with E-state index in [2.05, 4.69) is 21.3 Å². The predicted molar refractivity (Wildman–Crippen MR) is 80.2 cm³/mol. The molecule has 0 radical (unpaired) electrons. The molecule has 0 unspecified atom stereocenters. The van der Waals surface area contributed by atoms with Crippen LogP contribution in [0.5, 0.6) is 0 Å². The number of hydrogen-bond donors (Lipinski definition) is 0. The van der Waals surface area contributed by atoms with Crippen molar-refractivity contribution in [2.24, 2.45) is 7.05 Å². The summed E-state index contributed by atoms with van der Waals surface area (Å²) in [5, 5.41) is 8.51. The lowest BCUT2D eigenvalue weighted by molar-refractivity contribution is 0.102. The molecule has 0 atom stereocenters. The van der Waals surface area contributed by atoms with Gasteiger partial charge in [0.05, 0.1) is 5.75 Å². The molecule has 0 N–H and O–H groups in total. The van der Waals surface area contributed by atoms with Gasteiger partial charge < -0.3 is 9.13 Å². The molecule has 0 saturated heterocycles. The highest BCUT2D eigenvalue weighted by atomic mass is 32.2. The summed E-state index contributed by atoms with van der Waals surface area (Å²) < 4.78 is 3.90. The Balaban J connectivity index is 2.12. The maximum atomic E-state index is 12.3. The van der Waals surface area contributed by atoms with Crippen LogP contribution in [0.25, 0.3) is 0 Å². The van der Waals surface area contributed by atoms with Crippen LogP contribution >= 0.6 is 11.8 Å². The van der Waals surface area contributed by atoms with Crippen LogP contribution in [0.3, 0.4) is 0 Å². The van der Waals surface area contributed by atoms with E-state index in [4.69, 9.17) is 0 Å². The topological polar surface area (TPSA) is 52.7 Å². The lowest BCUT2D eigenvalue weighted by Gasteiger charge is -2.06. The Bertz CT molecular complexity index is 642. The summed E-state index contributed by atoms with van der Waals surface area (Å²) >= 11 is 1.40. The number of thioether (sulfide) groups is 1. The maximum Gasteiger partial charge on any atom is 0.191 e. The van der Waals surface area contributed by atoms with E-state index in [1.165, 1.54) is 11.8 Å². The molecule has 2 aromatic rings. The second-order valence-corrected chi connectivity index (χ2v) is 5.56. The van der Waals surface area contributed by atoms with Gasteiger partial charge in [0.15, 0.2) is 10.9 Å². The number of aromatic nitrogens is 4. The monoisotopic (exact) mass is 290 g/mol. The molecule has 6 heteroatoms. The Kier molecular flexibility index (Phi) is 4.44. The standard InChI is InChI=1S/C14H18N4OS/c1-5-6-18-10(2)7-12(11(18)3)13(19)8-20-14-16-15-9-17(14)4/h5,7,9H,1,6,8H2,2-4H3. The fraction of sp³-hybridized carbons (Fsp3) is 0.357. The highest BCUT2D eigenvalue weighted by Crippen LogP contribution is 2.20. The zero-order valence-corrected chi connectivity index (χ0v) is 12.8. The maximum absolute atomic E-state index is 12.3. The molecule has 0 saturated carbocycles. The Morgan fingerprint density at radius 2 is 2.25 bits per heavy atom. The van der Waals surface area contributed by atoms with Crippen LogP contribution in [0.2, 0.25) is 0 Å². The van der Waals surface area contributed by atoms with Crippen LogP contribution in [-0.4, -0.2) is 30.9 Å². The van der Waals surface area contributed by atoms with Crippen molar-refractivity contribution in [2.75, 3.05) is 5.75 Å². The largest absolute Gasteiger partial charge is 0.345 e. The average Bonchev–Trinajstić information content (AvgIpc) is 2.94. The van der Waals surface area contributed by atoms with Crippen molar-refractivity contribution in [3.05, 3.63) is 42.0 Å². The van der Waals surface area contributed by atoms with E-state index in [0.29, 0.717) is 5.75 Å². The molecule has 0 aliphatic heterocycles. The molecule has 20 heavy (non-hydrogen) atoms. The first kappa shape index (κ1) is 14.6. The summed E-state index contributed by atoms with van der Waals surface area (Å²) in [6, 6.07) is 1.94. The van der Waals surface area contributed by atoms with Crippen molar-refractivity contribution in [3.8, 4) is 0 Å². The van der Waals surface area contributed by atoms with Gasteiger partial charge >= 0.3 is 0 Å². The number of carbonyl (C=O) groups excluding carboxylic acids is 1. The van der Waals surface area contributed by atoms with E-state index in [-0.39, 0.29) is 5.78 Å². The second kappa shape index (κ2) is 6.09. The molecule has 0 aromatic carbocycles. The summed E-state index contributed by atoms with van der Waals surface area (Å²) in [6.07, 6.45) is 3.46. The Labute approximate surface area is 122 Å². The molecular formula is C14H18N4OS. The first-order chi connectivity index (χ1) is 9.54. The van der Waals surface area contributed by atoms with Crippen LogP contribution in [-0.2, 0) is 13.6 Å². The number of allylic oxidation sites excluding steroid dienone is 1. The number of aryl methyl sites for hydroxylation is 2. The molecule has 2 heterocycles.